The second kappa shape index (κ2) is 6.89. The van der Waals surface area contributed by atoms with Gasteiger partial charge in [-0.3, -0.25) is 9.69 Å². The lowest BCUT2D eigenvalue weighted by Crippen LogP contribution is -2.31. The molecule has 0 bridgehead atoms. The molecular formula is C17H25NO2. The van der Waals surface area contributed by atoms with E-state index in [9.17, 15) is 4.79 Å². The van der Waals surface area contributed by atoms with E-state index in [0.717, 1.165) is 19.0 Å². The molecule has 0 saturated heterocycles. The minimum absolute atomic E-state index is 0.254. The fourth-order valence-electron chi connectivity index (χ4n) is 2.50. The summed E-state index contributed by atoms with van der Waals surface area (Å²) >= 11 is 0. The topological polar surface area (TPSA) is 40.5 Å². The molecule has 1 aliphatic carbocycles. The first-order valence-corrected chi connectivity index (χ1v) is 7.61. The molecule has 3 heteroatoms. The van der Waals surface area contributed by atoms with Crippen LogP contribution in [0.5, 0.6) is 0 Å². The van der Waals surface area contributed by atoms with Crippen molar-refractivity contribution in [2.24, 2.45) is 0 Å². The maximum atomic E-state index is 10.6. The summed E-state index contributed by atoms with van der Waals surface area (Å²) in [5.74, 6) is 0.100. The molecule has 3 nitrogen and oxygen atoms in total. The molecule has 110 valence electrons. The Kier molecular flexibility index (Phi) is 5.18. The molecule has 1 aromatic carbocycles. The first kappa shape index (κ1) is 15.0. The van der Waals surface area contributed by atoms with Crippen molar-refractivity contribution in [1.29, 1.82) is 0 Å². The Morgan fingerprint density at radius 3 is 2.45 bits per heavy atom. The minimum atomic E-state index is -0.706. The standard InChI is InChI=1S/C17H25NO2/c1-13(2)18(11-3-4-17(19)20)12-14-5-7-15(8-6-14)16-9-10-16/h5-8,13,16H,3-4,9-12H2,1-2H3,(H,19,20). The van der Waals surface area contributed by atoms with Gasteiger partial charge in [0.25, 0.3) is 0 Å². The zero-order chi connectivity index (χ0) is 14.5. The Morgan fingerprint density at radius 2 is 1.95 bits per heavy atom. The minimum Gasteiger partial charge on any atom is -0.481 e. The molecule has 0 aromatic heterocycles. The van der Waals surface area contributed by atoms with E-state index in [-0.39, 0.29) is 6.42 Å². The van der Waals surface area contributed by atoms with Crippen LogP contribution < -0.4 is 0 Å². The number of carboxylic acid groups (broad SMARTS) is 1. The number of rotatable bonds is 8. The third kappa shape index (κ3) is 4.64. The molecule has 0 amide bonds. The van der Waals surface area contributed by atoms with Gasteiger partial charge in [0.2, 0.25) is 0 Å². The second-order valence-corrected chi connectivity index (χ2v) is 6.08. The van der Waals surface area contributed by atoms with Gasteiger partial charge in [0, 0.05) is 19.0 Å². The average Bonchev–Trinajstić information content (AvgIpc) is 3.22. The van der Waals surface area contributed by atoms with Crippen LogP contribution in [-0.2, 0) is 11.3 Å². The van der Waals surface area contributed by atoms with Crippen LogP contribution in [0.2, 0.25) is 0 Å². The highest BCUT2D eigenvalue weighted by atomic mass is 16.4. The summed E-state index contributed by atoms with van der Waals surface area (Å²) in [5.41, 5.74) is 2.79. The third-order valence-electron chi connectivity index (χ3n) is 3.98. The van der Waals surface area contributed by atoms with Crippen molar-refractivity contribution in [3.05, 3.63) is 35.4 Å². The highest BCUT2D eigenvalue weighted by Gasteiger charge is 2.23. The SMILES string of the molecule is CC(C)N(CCCC(=O)O)Cc1ccc(C2CC2)cc1. The fourth-order valence-corrected chi connectivity index (χ4v) is 2.50. The summed E-state index contributed by atoms with van der Waals surface area (Å²) in [4.78, 5) is 12.9. The average molecular weight is 275 g/mol. The molecule has 1 aliphatic rings. The maximum absolute atomic E-state index is 10.6. The van der Waals surface area contributed by atoms with E-state index in [1.807, 2.05) is 0 Å². The van der Waals surface area contributed by atoms with Crippen LogP contribution in [0.3, 0.4) is 0 Å². The summed E-state index contributed by atoms with van der Waals surface area (Å²) in [6, 6.07) is 9.39. The van der Waals surface area contributed by atoms with Gasteiger partial charge in [0.1, 0.15) is 0 Å². The van der Waals surface area contributed by atoms with Gasteiger partial charge in [-0.2, -0.15) is 0 Å². The Morgan fingerprint density at radius 1 is 1.30 bits per heavy atom. The number of hydrogen-bond donors (Lipinski definition) is 1. The molecule has 0 radical (unpaired) electrons. The summed E-state index contributed by atoms with van der Waals surface area (Å²) in [6.07, 6.45) is 3.65. The van der Waals surface area contributed by atoms with E-state index in [1.54, 1.807) is 0 Å². The van der Waals surface area contributed by atoms with Crippen molar-refractivity contribution in [3.8, 4) is 0 Å². The van der Waals surface area contributed by atoms with Crippen molar-refractivity contribution in [1.82, 2.24) is 4.90 Å². The van der Waals surface area contributed by atoms with Crippen molar-refractivity contribution in [3.63, 3.8) is 0 Å². The van der Waals surface area contributed by atoms with E-state index < -0.39 is 5.97 Å². The largest absolute Gasteiger partial charge is 0.481 e. The highest BCUT2D eigenvalue weighted by molar-refractivity contribution is 5.66. The van der Waals surface area contributed by atoms with Crippen LogP contribution in [0, 0.1) is 0 Å². The summed E-state index contributed by atoms with van der Waals surface area (Å²) in [5, 5.41) is 8.72. The third-order valence-corrected chi connectivity index (χ3v) is 3.98. The zero-order valence-electron chi connectivity index (χ0n) is 12.5. The van der Waals surface area contributed by atoms with Gasteiger partial charge in [0.15, 0.2) is 0 Å². The lowest BCUT2D eigenvalue weighted by atomic mass is 10.1. The Hall–Kier alpha value is -1.35. The number of hydrogen-bond acceptors (Lipinski definition) is 2. The number of carboxylic acids is 1. The molecule has 0 spiro atoms. The fraction of sp³-hybridized carbons (Fsp3) is 0.588. The van der Waals surface area contributed by atoms with Gasteiger partial charge in [-0.15, -0.1) is 0 Å². The number of carbonyl (C=O) groups is 1. The van der Waals surface area contributed by atoms with Gasteiger partial charge in [0.05, 0.1) is 0 Å². The second-order valence-electron chi connectivity index (χ2n) is 6.08. The number of nitrogens with zero attached hydrogens (tertiary/aromatic N) is 1. The van der Waals surface area contributed by atoms with Crippen molar-refractivity contribution in [2.75, 3.05) is 6.54 Å². The molecule has 0 aliphatic heterocycles. The monoisotopic (exact) mass is 275 g/mol. The molecule has 20 heavy (non-hydrogen) atoms. The Bertz CT molecular complexity index is 435. The van der Waals surface area contributed by atoms with Gasteiger partial charge in [-0.25, -0.2) is 0 Å². The van der Waals surface area contributed by atoms with Crippen LogP contribution in [0.4, 0.5) is 0 Å². The van der Waals surface area contributed by atoms with Gasteiger partial charge >= 0.3 is 5.97 Å². The van der Waals surface area contributed by atoms with Crippen molar-refractivity contribution < 1.29 is 9.90 Å². The lowest BCUT2D eigenvalue weighted by molar-refractivity contribution is -0.137. The Labute approximate surface area is 121 Å². The summed E-state index contributed by atoms with van der Waals surface area (Å²) in [6.45, 7) is 6.08. The predicted molar refractivity (Wildman–Crippen MR) is 80.8 cm³/mol. The highest BCUT2D eigenvalue weighted by Crippen LogP contribution is 2.39. The molecule has 2 rings (SSSR count). The normalized spacial score (nSPS) is 15.0. The zero-order valence-corrected chi connectivity index (χ0v) is 12.5. The smallest absolute Gasteiger partial charge is 0.303 e. The van der Waals surface area contributed by atoms with Crippen LogP contribution in [0.25, 0.3) is 0 Å². The van der Waals surface area contributed by atoms with Crippen LogP contribution in [-0.4, -0.2) is 28.6 Å². The van der Waals surface area contributed by atoms with Crippen LogP contribution in [0.15, 0.2) is 24.3 Å². The number of benzene rings is 1. The predicted octanol–water partition coefficient (Wildman–Crippen LogP) is 3.64. The quantitative estimate of drug-likeness (QED) is 0.787. The molecule has 1 aromatic rings. The molecule has 1 N–H and O–H groups in total. The lowest BCUT2D eigenvalue weighted by Gasteiger charge is -2.26. The first-order chi connectivity index (χ1) is 9.56. The van der Waals surface area contributed by atoms with Crippen LogP contribution >= 0.6 is 0 Å². The van der Waals surface area contributed by atoms with E-state index in [2.05, 4.69) is 43.0 Å². The summed E-state index contributed by atoms with van der Waals surface area (Å²) in [7, 11) is 0. The summed E-state index contributed by atoms with van der Waals surface area (Å²) < 4.78 is 0. The van der Waals surface area contributed by atoms with Crippen molar-refractivity contribution >= 4 is 5.97 Å². The Balaban J connectivity index is 1.87. The van der Waals surface area contributed by atoms with E-state index in [0.29, 0.717) is 12.5 Å². The van der Waals surface area contributed by atoms with Gasteiger partial charge in [-0.05, 0) is 56.7 Å². The molecule has 0 heterocycles. The van der Waals surface area contributed by atoms with Gasteiger partial charge < -0.3 is 5.11 Å². The van der Waals surface area contributed by atoms with Crippen molar-refractivity contribution in [2.45, 2.75) is 58.0 Å². The van der Waals surface area contributed by atoms with Crippen LogP contribution in [0.1, 0.15) is 56.6 Å². The maximum Gasteiger partial charge on any atom is 0.303 e. The molecular weight excluding hydrogens is 250 g/mol. The van der Waals surface area contributed by atoms with E-state index in [4.69, 9.17) is 5.11 Å². The van der Waals surface area contributed by atoms with Gasteiger partial charge in [-0.1, -0.05) is 24.3 Å². The van der Waals surface area contributed by atoms with E-state index >= 15 is 0 Å². The molecule has 0 unspecified atom stereocenters. The molecule has 1 saturated carbocycles. The van der Waals surface area contributed by atoms with E-state index in [1.165, 1.54) is 24.0 Å². The number of aliphatic carboxylic acids is 1. The molecule has 0 atom stereocenters. The first-order valence-electron chi connectivity index (χ1n) is 7.61. The molecule has 1 fully saturated rings.